The van der Waals surface area contributed by atoms with Gasteiger partial charge in [0.1, 0.15) is 11.8 Å². The molecule has 3 nitrogen and oxygen atoms in total. The van der Waals surface area contributed by atoms with E-state index in [0.29, 0.717) is 11.3 Å². The van der Waals surface area contributed by atoms with Crippen molar-refractivity contribution in [3.8, 4) is 11.8 Å². The molecule has 1 heterocycles. The number of hydrogen-bond acceptors (Lipinski definition) is 3. The van der Waals surface area contributed by atoms with Crippen LogP contribution in [0.5, 0.6) is 5.75 Å². The summed E-state index contributed by atoms with van der Waals surface area (Å²) in [4.78, 5) is 3.99. The molecule has 0 amide bonds. The van der Waals surface area contributed by atoms with E-state index in [1.165, 1.54) is 0 Å². The number of fused-ring (bicyclic) bond motifs is 1. The molecule has 0 bridgehead atoms. The van der Waals surface area contributed by atoms with Crippen LogP contribution in [0.1, 0.15) is 5.56 Å². The largest absolute Gasteiger partial charge is 0.495 e. The second-order valence-electron chi connectivity index (χ2n) is 2.89. The number of aromatic nitrogens is 1. The number of methoxy groups -OCH3 is 1. The summed E-state index contributed by atoms with van der Waals surface area (Å²) in [6.07, 6.45) is 3.45. The smallest absolute Gasteiger partial charge is 0.137 e. The fourth-order valence-electron chi connectivity index (χ4n) is 1.37. The number of rotatable bonds is 1. The third-order valence-corrected chi connectivity index (χ3v) is 2.08. The fraction of sp³-hybridized carbons (Fsp3) is 0.0909. The number of nitriles is 1. The van der Waals surface area contributed by atoms with Gasteiger partial charge in [0.2, 0.25) is 0 Å². The van der Waals surface area contributed by atoms with Crippen LogP contribution in [0, 0.1) is 11.3 Å². The molecule has 0 spiro atoms. The van der Waals surface area contributed by atoms with Gasteiger partial charge in [0.25, 0.3) is 0 Å². The molecule has 1 aromatic heterocycles. The minimum absolute atomic E-state index is 0.535. The maximum Gasteiger partial charge on any atom is 0.137 e. The highest BCUT2D eigenvalue weighted by Gasteiger charge is 2.03. The van der Waals surface area contributed by atoms with E-state index in [4.69, 9.17) is 10.00 Å². The SMILES string of the molecule is COc1cc2ccncc2cc1C#N. The van der Waals surface area contributed by atoms with Crippen molar-refractivity contribution in [2.45, 2.75) is 0 Å². The van der Waals surface area contributed by atoms with Crippen molar-refractivity contribution in [2.75, 3.05) is 7.11 Å². The second-order valence-corrected chi connectivity index (χ2v) is 2.89. The van der Waals surface area contributed by atoms with Gasteiger partial charge in [-0.15, -0.1) is 0 Å². The lowest BCUT2D eigenvalue weighted by Gasteiger charge is -2.04. The zero-order valence-corrected chi connectivity index (χ0v) is 7.69. The Kier molecular flexibility index (Phi) is 2.04. The second kappa shape index (κ2) is 3.35. The summed E-state index contributed by atoms with van der Waals surface area (Å²) in [6.45, 7) is 0. The number of ether oxygens (including phenoxy) is 1. The highest BCUT2D eigenvalue weighted by molar-refractivity contribution is 5.84. The third kappa shape index (κ3) is 1.27. The molecule has 0 aliphatic rings. The molecule has 0 fully saturated rings. The first-order valence-corrected chi connectivity index (χ1v) is 4.17. The summed E-state index contributed by atoms with van der Waals surface area (Å²) in [5.74, 6) is 0.603. The summed E-state index contributed by atoms with van der Waals surface area (Å²) >= 11 is 0. The van der Waals surface area contributed by atoms with Gasteiger partial charge in [0, 0.05) is 17.8 Å². The molecule has 14 heavy (non-hydrogen) atoms. The van der Waals surface area contributed by atoms with Gasteiger partial charge in [-0.2, -0.15) is 5.26 Å². The Morgan fingerprint density at radius 2 is 2.21 bits per heavy atom. The molecule has 68 valence electrons. The molecular weight excluding hydrogens is 176 g/mol. The van der Waals surface area contributed by atoms with Crippen LogP contribution in [0.15, 0.2) is 30.6 Å². The topological polar surface area (TPSA) is 45.9 Å². The molecule has 0 atom stereocenters. The Bertz CT molecular complexity index is 514. The first-order valence-electron chi connectivity index (χ1n) is 4.17. The van der Waals surface area contributed by atoms with Gasteiger partial charge in [-0.1, -0.05) is 0 Å². The van der Waals surface area contributed by atoms with Crippen molar-refractivity contribution in [2.24, 2.45) is 0 Å². The van der Waals surface area contributed by atoms with E-state index in [0.717, 1.165) is 10.8 Å². The standard InChI is InChI=1S/C11H8N2O/c1-14-11-5-8-2-3-13-7-10(8)4-9(11)6-12/h2-5,7H,1H3. The van der Waals surface area contributed by atoms with E-state index in [9.17, 15) is 0 Å². The van der Waals surface area contributed by atoms with Crippen LogP contribution in [0.4, 0.5) is 0 Å². The Balaban J connectivity index is 2.77. The van der Waals surface area contributed by atoms with E-state index < -0.39 is 0 Å². The number of nitrogens with zero attached hydrogens (tertiary/aromatic N) is 2. The maximum absolute atomic E-state index is 8.86. The molecule has 2 aromatic rings. The van der Waals surface area contributed by atoms with Gasteiger partial charge in [0.05, 0.1) is 12.7 Å². The van der Waals surface area contributed by atoms with Crippen molar-refractivity contribution < 1.29 is 4.74 Å². The molecular formula is C11H8N2O. The van der Waals surface area contributed by atoms with Gasteiger partial charge in [-0.05, 0) is 23.6 Å². The zero-order valence-electron chi connectivity index (χ0n) is 7.69. The third-order valence-electron chi connectivity index (χ3n) is 2.08. The molecule has 0 unspecified atom stereocenters. The molecule has 0 aliphatic carbocycles. The normalized spacial score (nSPS) is 9.71. The molecule has 3 heteroatoms. The monoisotopic (exact) mass is 184 g/mol. The van der Waals surface area contributed by atoms with Gasteiger partial charge >= 0.3 is 0 Å². The van der Waals surface area contributed by atoms with E-state index in [1.54, 1.807) is 25.6 Å². The van der Waals surface area contributed by atoms with E-state index >= 15 is 0 Å². The summed E-state index contributed by atoms with van der Waals surface area (Å²) in [6, 6.07) is 7.60. The summed E-state index contributed by atoms with van der Waals surface area (Å²) in [5, 5.41) is 10.8. The van der Waals surface area contributed by atoms with Gasteiger partial charge < -0.3 is 4.74 Å². The highest BCUT2D eigenvalue weighted by Crippen LogP contribution is 2.24. The summed E-state index contributed by atoms with van der Waals surface area (Å²) < 4.78 is 5.10. The average Bonchev–Trinajstić information content (AvgIpc) is 2.27. The van der Waals surface area contributed by atoms with Crippen LogP contribution in [0.25, 0.3) is 10.8 Å². The molecule has 0 saturated heterocycles. The van der Waals surface area contributed by atoms with Crippen LogP contribution < -0.4 is 4.74 Å². The molecule has 0 aliphatic heterocycles. The maximum atomic E-state index is 8.86. The van der Waals surface area contributed by atoms with Crippen molar-refractivity contribution in [1.82, 2.24) is 4.98 Å². The number of pyridine rings is 1. The van der Waals surface area contributed by atoms with Crippen LogP contribution in [-0.4, -0.2) is 12.1 Å². The van der Waals surface area contributed by atoms with Gasteiger partial charge in [-0.3, -0.25) is 4.98 Å². The Hall–Kier alpha value is -2.08. The lowest BCUT2D eigenvalue weighted by atomic mass is 10.1. The molecule has 0 saturated carbocycles. The van der Waals surface area contributed by atoms with Crippen LogP contribution >= 0.6 is 0 Å². The number of benzene rings is 1. The van der Waals surface area contributed by atoms with E-state index in [2.05, 4.69) is 11.1 Å². The molecule has 0 N–H and O–H groups in total. The minimum atomic E-state index is 0.535. The van der Waals surface area contributed by atoms with Gasteiger partial charge in [0.15, 0.2) is 0 Å². The number of hydrogen-bond donors (Lipinski definition) is 0. The minimum Gasteiger partial charge on any atom is -0.495 e. The van der Waals surface area contributed by atoms with Crippen molar-refractivity contribution in [1.29, 1.82) is 5.26 Å². The van der Waals surface area contributed by atoms with Gasteiger partial charge in [-0.25, -0.2) is 0 Å². The summed E-state index contributed by atoms with van der Waals surface area (Å²) in [5.41, 5.74) is 0.535. The fourth-order valence-corrected chi connectivity index (χ4v) is 1.37. The molecule has 1 aromatic carbocycles. The average molecular weight is 184 g/mol. The van der Waals surface area contributed by atoms with E-state index in [1.807, 2.05) is 12.1 Å². The highest BCUT2D eigenvalue weighted by atomic mass is 16.5. The first kappa shape index (κ1) is 8.52. The first-order chi connectivity index (χ1) is 6.85. The van der Waals surface area contributed by atoms with Crippen LogP contribution in [-0.2, 0) is 0 Å². The Morgan fingerprint density at radius 3 is 2.93 bits per heavy atom. The predicted molar refractivity (Wildman–Crippen MR) is 53.0 cm³/mol. The Morgan fingerprint density at radius 1 is 1.36 bits per heavy atom. The van der Waals surface area contributed by atoms with Crippen LogP contribution in [0.3, 0.4) is 0 Å². The van der Waals surface area contributed by atoms with E-state index in [-0.39, 0.29) is 0 Å². The Labute approximate surface area is 81.6 Å². The lowest BCUT2D eigenvalue weighted by molar-refractivity contribution is 0.414. The van der Waals surface area contributed by atoms with Crippen molar-refractivity contribution in [3.05, 3.63) is 36.2 Å². The lowest BCUT2D eigenvalue weighted by Crippen LogP contribution is -1.88. The molecule has 0 radical (unpaired) electrons. The zero-order chi connectivity index (χ0) is 9.97. The van der Waals surface area contributed by atoms with Crippen molar-refractivity contribution in [3.63, 3.8) is 0 Å². The van der Waals surface area contributed by atoms with Crippen LogP contribution in [0.2, 0.25) is 0 Å². The summed E-state index contributed by atoms with van der Waals surface area (Å²) in [7, 11) is 1.56. The van der Waals surface area contributed by atoms with Crippen molar-refractivity contribution >= 4 is 10.8 Å². The predicted octanol–water partition coefficient (Wildman–Crippen LogP) is 2.12. The molecule has 2 rings (SSSR count). The quantitative estimate of drug-likeness (QED) is 0.681.